The zero-order chi connectivity index (χ0) is 13.5. The van der Waals surface area contributed by atoms with Gasteiger partial charge in [0.25, 0.3) is 0 Å². The number of rotatable bonds is 6. The number of aromatic amines is 1. The van der Waals surface area contributed by atoms with E-state index in [9.17, 15) is 9.59 Å². The highest BCUT2D eigenvalue weighted by Crippen LogP contribution is 2.24. The van der Waals surface area contributed by atoms with Gasteiger partial charge in [0.1, 0.15) is 5.70 Å². The molecule has 0 spiro atoms. The fourth-order valence-electron chi connectivity index (χ4n) is 1.59. The third kappa shape index (κ3) is 3.05. The normalized spacial score (nSPS) is 11.6. The van der Waals surface area contributed by atoms with Gasteiger partial charge in [0.05, 0.1) is 5.69 Å². The smallest absolute Gasteiger partial charge is 0.191 e. The topological polar surface area (TPSA) is 140 Å². The molecule has 0 saturated carbocycles. The molecule has 0 aliphatic heterocycles. The zero-order valence-electron chi connectivity index (χ0n) is 9.72. The SMILES string of the molecule is NCC/C(=C(\C=O)N=C(N)N)c1cc[nH]c1C=O. The number of aliphatic imine (C=N–C) groups is 1. The highest BCUT2D eigenvalue weighted by atomic mass is 16.1. The highest BCUT2D eigenvalue weighted by Gasteiger charge is 2.13. The molecule has 1 aromatic rings. The van der Waals surface area contributed by atoms with Crippen LogP contribution >= 0.6 is 0 Å². The fraction of sp³-hybridized carbons (Fsp3) is 0.182. The number of aldehydes is 2. The predicted molar refractivity (Wildman–Crippen MR) is 68.6 cm³/mol. The molecular weight excluding hydrogens is 234 g/mol. The molecule has 7 heteroatoms. The molecule has 0 saturated heterocycles. The molecule has 0 unspecified atom stereocenters. The number of nitrogens with zero attached hydrogens (tertiary/aromatic N) is 1. The molecule has 7 nitrogen and oxygen atoms in total. The Balaban J connectivity index is 3.39. The second-order valence-corrected chi connectivity index (χ2v) is 3.48. The van der Waals surface area contributed by atoms with E-state index < -0.39 is 0 Å². The number of nitrogens with two attached hydrogens (primary N) is 3. The van der Waals surface area contributed by atoms with Crippen LogP contribution in [0.4, 0.5) is 0 Å². The number of carbonyl (C=O) groups is 2. The third-order valence-electron chi connectivity index (χ3n) is 2.29. The summed E-state index contributed by atoms with van der Waals surface area (Å²) in [4.78, 5) is 28.4. The Bertz CT molecular complexity index is 497. The average Bonchev–Trinajstić information content (AvgIpc) is 2.81. The predicted octanol–water partition coefficient (Wildman–Crippen LogP) is -0.641. The van der Waals surface area contributed by atoms with Crippen LogP contribution in [-0.2, 0) is 4.79 Å². The first-order valence-electron chi connectivity index (χ1n) is 5.25. The van der Waals surface area contributed by atoms with Gasteiger partial charge in [0.15, 0.2) is 18.5 Å². The van der Waals surface area contributed by atoms with Gasteiger partial charge in [0.2, 0.25) is 0 Å². The first-order chi connectivity index (χ1) is 8.63. The van der Waals surface area contributed by atoms with E-state index in [0.29, 0.717) is 42.4 Å². The minimum atomic E-state index is -0.227. The summed E-state index contributed by atoms with van der Waals surface area (Å²) in [5.41, 5.74) is 17.5. The quantitative estimate of drug-likeness (QED) is 0.230. The van der Waals surface area contributed by atoms with Gasteiger partial charge < -0.3 is 22.2 Å². The first kappa shape index (κ1) is 13.7. The minimum Gasteiger partial charge on any atom is -0.370 e. The summed E-state index contributed by atoms with van der Waals surface area (Å²) in [7, 11) is 0. The average molecular weight is 249 g/mol. The van der Waals surface area contributed by atoms with E-state index in [0.717, 1.165) is 0 Å². The van der Waals surface area contributed by atoms with Crippen LogP contribution < -0.4 is 17.2 Å². The molecule has 0 aliphatic carbocycles. The van der Waals surface area contributed by atoms with Crippen LogP contribution in [-0.4, -0.2) is 30.1 Å². The van der Waals surface area contributed by atoms with Gasteiger partial charge in [-0.2, -0.15) is 0 Å². The standard InChI is InChI=1S/C11H15N5O2/c12-3-1-7(10(6-18)16-11(13)14)8-2-4-15-9(8)5-17/h2,4-6,15H,1,3,12H2,(H4,13,14,16)/b10-7-. The van der Waals surface area contributed by atoms with Crippen LogP contribution in [0.2, 0.25) is 0 Å². The molecule has 18 heavy (non-hydrogen) atoms. The van der Waals surface area contributed by atoms with E-state index >= 15 is 0 Å². The van der Waals surface area contributed by atoms with Gasteiger partial charge in [-0.15, -0.1) is 0 Å². The minimum absolute atomic E-state index is 0.0724. The van der Waals surface area contributed by atoms with Crippen molar-refractivity contribution in [2.45, 2.75) is 6.42 Å². The summed E-state index contributed by atoms with van der Waals surface area (Å²) in [5, 5.41) is 0. The number of hydrogen-bond acceptors (Lipinski definition) is 4. The van der Waals surface area contributed by atoms with Crippen molar-refractivity contribution in [2.24, 2.45) is 22.2 Å². The molecule has 0 amide bonds. The lowest BCUT2D eigenvalue weighted by Gasteiger charge is -2.07. The lowest BCUT2D eigenvalue weighted by molar-refractivity contribution is -0.104. The first-order valence-corrected chi connectivity index (χ1v) is 5.25. The van der Waals surface area contributed by atoms with Gasteiger partial charge >= 0.3 is 0 Å². The number of allylic oxidation sites excluding steroid dienone is 1. The number of guanidine groups is 1. The van der Waals surface area contributed by atoms with Crippen molar-refractivity contribution in [3.63, 3.8) is 0 Å². The molecule has 0 bridgehead atoms. The Morgan fingerprint density at radius 1 is 1.39 bits per heavy atom. The Morgan fingerprint density at radius 3 is 2.61 bits per heavy atom. The molecule has 0 fully saturated rings. The van der Waals surface area contributed by atoms with Crippen LogP contribution in [0.3, 0.4) is 0 Å². The molecule has 96 valence electrons. The van der Waals surface area contributed by atoms with Crippen LogP contribution in [0, 0.1) is 0 Å². The summed E-state index contributed by atoms with van der Waals surface area (Å²) in [6, 6.07) is 1.67. The largest absolute Gasteiger partial charge is 0.370 e. The molecule has 1 aromatic heterocycles. The monoisotopic (exact) mass is 249 g/mol. The highest BCUT2D eigenvalue weighted by molar-refractivity contribution is 5.95. The van der Waals surface area contributed by atoms with Crippen molar-refractivity contribution in [1.29, 1.82) is 0 Å². The summed E-state index contributed by atoms with van der Waals surface area (Å²) in [6.07, 6.45) is 3.16. The van der Waals surface area contributed by atoms with Crippen LogP contribution in [0.15, 0.2) is 23.0 Å². The van der Waals surface area contributed by atoms with Gasteiger partial charge in [-0.3, -0.25) is 9.59 Å². The third-order valence-corrected chi connectivity index (χ3v) is 2.29. The van der Waals surface area contributed by atoms with E-state index in [2.05, 4.69) is 9.98 Å². The molecule has 7 N–H and O–H groups in total. The van der Waals surface area contributed by atoms with Crippen molar-refractivity contribution >= 4 is 24.1 Å². The maximum atomic E-state index is 11.0. The number of nitrogens with one attached hydrogen (secondary N) is 1. The van der Waals surface area contributed by atoms with E-state index in [1.807, 2.05) is 0 Å². The fourth-order valence-corrected chi connectivity index (χ4v) is 1.59. The number of H-pyrrole nitrogens is 1. The van der Waals surface area contributed by atoms with Crippen LogP contribution in [0.5, 0.6) is 0 Å². The number of aromatic nitrogens is 1. The van der Waals surface area contributed by atoms with Gasteiger partial charge in [-0.05, 0) is 24.6 Å². The maximum absolute atomic E-state index is 11.0. The van der Waals surface area contributed by atoms with Crippen molar-refractivity contribution in [3.8, 4) is 0 Å². The van der Waals surface area contributed by atoms with Gasteiger partial charge in [-0.25, -0.2) is 4.99 Å². The second-order valence-electron chi connectivity index (χ2n) is 3.48. The zero-order valence-corrected chi connectivity index (χ0v) is 9.72. The molecule has 1 rings (SSSR count). The van der Waals surface area contributed by atoms with Crippen LogP contribution in [0.25, 0.3) is 5.57 Å². The van der Waals surface area contributed by atoms with Crippen molar-refractivity contribution in [3.05, 3.63) is 29.2 Å². The summed E-state index contributed by atoms with van der Waals surface area (Å²) >= 11 is 0. The summed E-state index contributed by atoms with van der Waals surface area (Å²) in [6.45, 7) is 0.302. The Hall–Kier alpha value is -2.41. The molecule has 0 aromatic carbocycles. The van der Waals surface area contributed by atoms with E-state index in [4.69, 9.17) is 17.2 Å². The summed E-state index contributed by atoms with van der Waals surface area (Å²) < 4.78 is 0. The maximum Gasteiger partial charge on any atom is 0.191 e. The molecule has 0 aliphatic rings. The van der Waals surface area contributed by atoms with E-state index in [1.165, 1.54) is 0 Å². The van der Waals surface area contributed by atoms with Crippen molar-refractivity contribution in [1.82, 2.24) is 4.98 Å². The molecular formula is C11H15N5O2. The van der Waals surface area contributed by atoms with E-state index in [-0.39, 0.29) is 11.7 Å². The molecule has 0 atom stereocenters. The lowest BCUT2D eigenvalue weighted by atomic mass is 10.0. The Labute approximate surface area is 104 Å². The molecule has 1 heterocycles. The van der Waals surface area contributed by atoms with E-state index in [1.54, 1.807) is 12.3 Å². The molecule has 0 radical (unpaired) electrons. The Morgan fingerprint density at radius 2 is 2.11 bits per heavy atom. The van der Waals surface area contributed by atoms with Gasteiger partial charge in [0, 0.05) is 11.8 Å². The lowest BCUT2D eigenvalue weighted by Crippen LogP contribution is -2.23. The van der Waals surface area contributed by atoms with Crippen LogP contribution in [0.1, 0.15) is 22.5 Å². The van der Waals surface area contributed by atoms with Crippen molar-refractivity contribution < 1.29 is 9.59 Å². The number of carbonyl (C=O) groups excluding carboxylic acids is 2. The van der Waals surface area contributed by atoms with Crippen molar-refractivity contribution in [2.75, 3.05) is 6.54 Å². The van der Waals surface area contributed by atoms with Gasteiger partial charge in [-0.1, -0.05) is 0 Å². The summed E-state index contributed by atoms with van der Waals surface area (Å²) in [5.74, 6) is -0.227. The second kappa shape index (κ2) is 6.36. The Kier molecular flexibility index (Phi) is 4.82. The number of hydrogen-bond donors (Lipinski definition) is 4.